The lowest BCUT2D eigenvalue weighted by atomic mass is 9.94. The summed E-state index contributed by atoms with van der Waals surface area (Å²) in [6.07, 6.45) is 4.44. The number of ether oxygens (including phenoxy) is 2. The maximum atomic E-state index is 14.4. The molecule has 0 amide bonds. The Morgan fingerprint density at radius 1 is 1.12 bits per heavy atom. The summed E-state index contributed by atoms with van der Waals surface area (Å²) < 4.78 is 27.3. The Morgan fingerprint density at radius 2 is 1.98 bits per heavy atom. The number of piperazine rings is 1. The molecule has 3 aromatic rings. The number of benzene rings is 2. The van der Waals surface area contributed by atoms with Gasteiger partial charge in [-0.05, 0) is 60.7 Å². The number of hydrogen-bond acceptors (Lipinski definition) is 8. The van der Waals surface area contributed by atoms with Crippen molar-refractivity contribution in [3.63, 3.8) is 0 Å². The van der Waals surface area contributed by atoms with Crippen molar-refractivity contribution in [3.05, 3.63) is 53.2 Å². The second-order valence-electron chi connectivity index (χ2n) is 12.4. The SMILES string of the molecule is Oc1cc([C@H]2Cc3nc(OC[C@@]45CCCN4C[C@H](F)C5)nc(N4CC5CCC(C4)N5)c3CO2)c2ccccc2c1. The van der Waals surface area contributed by atoms with Crippen LogP contribution in [-0.4, -0.2) is 76.6 Å². The molecule has 210 valence electrons. The minimum Gasteiger partial charge on any atom is -0.508 e. The van der Waals surface area contributed by atoms with E-state index in [1.54, 1.807) is 6.07 Å². The fraction of sp³-hybridized carbons (Fsp3) is 0.548. The molecule has 4 saturated heterocycles. The molecule has 5 aliphatic heterocycles. The predicted molar refractivity (Wildman–Crippen MR) is 150 cm³/mol. The van der Waals surface area contributed by atoms with Crippen molar-refractivity contribution < 1.29 is 19.0 Å². The third-order valence-electron chi connectivity index (χ3n) is 9.83. The second-order valence-corrected chi connectivity index (χ2v) is 12.4. The van der Waals surface area contributed by atoms with Gasteiger partial charge in [0.15, 0.2) is 0 Å². The summed E-state index contributed by atoms with van der Waals surface area (Å²) in [6.45, 7) is 4.05. The number of alkyl halides is 1. The highest BCUT2D eigenvalue weighted by atomic mass is 19.1. The molecule has 0 saturated carbocycles. The Bertz CT molecular complexity index is 1440. The number of phenols is 1. The van der Waals surface area contributed by atoms with Crippen LogP contribution in [0.4, 0.5) is 10.2 Å². The lowest BCUT2D eigenvalue weighted by Gasteiger charge is -2.37. The van der Waals surface area contributed by atoms with Crippen molar-refractivity contribution in [2.24, 2.45) is 0 Å². The van der Waals surface area contributed by atoms with Crippen molar-refractivity contribution in [1.82, 2.24) is 20.2 Å². The molecular weight excluding hydrogens is 509 g/mol. The van der Waals surface area contributed by atoms with Crippen molar-refractivity contribution >= 4 is 16.6 Å². The molecule has 0 radical (unpaired) electrons. The van der Waals surface area contributed by atoms with Crippen LogP contribution in [0.1, 0.15) is 55.0 Å². The summed E-state index contributed by atoms with van der Waals surface area (Å²) in [5.74, 6) is 1.14. The highest BCUT2D eigenvalue weighted by Crippen LogP contribution is 2.42. The molecule has 5 aliphatic rings. The number of nitrogens with one attached hydrogen (secondary N) is 1. The Balaban J connectivity index is 1.14. The van der Waals surface area contributed by atoms with Gasteiger partial charge in [-0.2, -0.15) is 9.97 Å². The average molecular weight is 546 g/mol. The Labute approximate surface area is 233 Å². The van der Waals surface area contributed by atoms with Gasteiger partial charge < -0.3 is 24.8 Å². The van der Waals surface area contributed by atoms with E-state index in [1.807, 2.05) is 24.3 Å². The minimum absolute atomic E-state index is 0.231. The van der Waals surface area contributed by atoms with E-state index in [1.165, 1.54) is 12.8 Å². The molecule has 2 aromatic carbocycles. The van der Waals surface area contributed by atoms with E-state index in [0.717, 1.165) is 65.9 Å². The Hall–Kier alpha value is -3.01. The molecule has 5 atom stereocenters. The van der Waals surface area contributed by atoms with Crippen LogP contribution in [-0.2, 0) is 17.8 Å². The summed E-state index contributed by atoms with van der Waals surface area (Å²) in [5, 5.41) is 16.2. The van der Waals surface area contributed by atoms with Crippen molar-refractivity contribution in [3.8, 4) is 11.8 Å². The average Bonchev–Trinajstić information content (AvgIpc) is 3.60. The predicted octanol–water partition coefficient (Wildman–Crippen LogP) is 4.05. The maximum Gasteiger partial charge on any atom is 0.318 e. The molecule has 1 aromatic heterocycles. The molecule has 2 bridgehead atoms. The van der Waals surface area contributed by atoms with Crippen LogP contribution in [0.5, 0.6) is 11.8 Å². The van der Waals surface area contributed by atoms with Crippen LogP contribution in [0.25, 0.3) is 10.8 Å². The van der Waals surface area contributed by atoms with E-state index in [9.17, 15) is 9.50 Å². The number of aromatic nitrogens is 2. The standard InChI is InChI=1S/C31H36FN5O3/c32-20-13-31(8-3-9-37(31)14-20)18-40-30-34-27-12-28(25-11-23(38)10-19-4-1-2-5-24(19)25)39-17-26(27)29(35-30)36-15-21-6-7-22(16-36)33-21/h1-2,4-5,10-11,20-22,28,33,38H,3,6-9,12-18H2/t20-,21?,22?,28-,31+/m1/s1. The molecule has 2 unspecified atom stereocenters. The van der Waals surface area contributed by atoms with E-state index in [4.69, 9.17) is 19.4 Å². The Morgan fingerprint density at radius 3 is 2.85 bits per heavy atom. The van der Waals surface area contributed by atoms with Crippen LogP contribution in [0.3, 0.4) is 0 Å². The molecule has 9 heteroatoms. The molecule has 6 heterocycles. The molecule has 40 heavy (non-hydrogen) atoms. The van der Waals surface area contributed by atoms with Gasteiger partial charge in [0.05, 0.1) is 23.9 Å². The quantitative estimate of drug-likeness (QED) is 0.497. The first-order valence-electron chi connectivity index (χ1n) is 14.8. The van der Waals surface area contributed by atoms with Gasteiger partial charge in [-0.1, -0.05) is 24.3 Å². The maximum absolute atomic E-state index is 14.4. The number of aromatic hydroxyl groups is 1. The van der Waals surface area contributed by atoms with Gasteiger partial charge in [0, 0.05) is 50.1 Å². The monoisotopic (exact) mass is 545 g/mol. The summed E-state index contributed by atoms with van der Waals surface area (Å²) in [7, 11) is 0. The lowest BCUT2D eigenvalue weighted by molar-refractivity contribution is 0.0262. The van der Waals surface area contributed by atoms with Crippen LogP contribution in [0, 0.1) is 0 Å². The molecule has 4 fully saturated rings. The van der Waals surface area contributed by atoms with Crippen LogP contribution >= 0.6 is 0 Å². The van der Waals surface area contributed by atoms with Crippen LogP contribution in [0.15, 0.2) is 36.4 Å². The highest BCUT2D eigenvalue weighted by Gasteiger charge is 2.49. The minimum atomic E-state index is -0.796. The Kier molecular flexibility index (Phi) is 5.90. The molecule has 0 spiro atoms. The van der Waals surface area contributed by atoms with Gasteiger partial charge in [0.25, 0.3) is 0 Å². The van der Waals surface area contributed by atoms with Gasteiger partial charge in [-0.15, -0.1) is 0 Å². The second kappa shape index (κ2) is 9.53. The van der Waals surface area contributed by atoms with E-state index in [-0.39, 0.29) is 17.4 Å². The van der Waals surface area contributed by atoms with Crippen molar-refractivity contribution in [2.45, 2.75) is 75.0 Å². The van der Waals surface area contributed by atoms with E-state index in [0.29, 0.717) is 50.7 Å². The highest BCUT2D eigenvalue weighted by molar-refractivity contribution is 5.87. The first-order chi connectivity index (χ1) is 19.5. The van der Waals surface area contributed by atoms with Gasteiger partial charge in [0.2, 0.25) is 0 Å². The zero-order valence-electron chi connectivity index (χ0n) is 22.7. The van der Waals surface area contributed by atoms with Crippen LogP contribution in [0.2, 0.25) is 0 Å². The first-order valence-corrected chi connectivity index (χ1v) is 14.8. The number of anilines is 1. The van der Waals surface area contributed by atoms with E-state index in [2.05, 4.69) is 21.2 Å². The van der Waals surface area contributed by atoms with Gasteiger partial charge in [0.1, 0.15) is 24.3 Å². The molecule has 0 aliphatic carbocycles. The fourth-order valence-electron chi connectivity index (χ4n) is 7.96. The third kappa shape index (κ3) is 4.21. The van der Waals surface area contributed by atoms with E-state index < -0.39 is 6.17 Å². The van der Waals surface area contributed by atoms with Gasteiger partial charge in [-0.25, -0.2) is 4.39 Å². The lowest BCUT2D eigenvalue weighted by Crippen LogP contribution is -2.52. The summed E-state index contributed by atoms with van der Waals surface area (Å²) >= 11 is 0. The summed E-state index contributed by atoms with van der Waals surface area (Å²) in [4.78, 5) is 14.6. The number of hydrogen-bond donors (Lipinski definition) is 2. The summed E-state index contributed by atoms with van der Waals surface area (Å²) in [6, 6.07) is 13.0. The van der Waals surface area contributed by atoms with Gasteiger partial charge in [-0.3, -0.25) is 4.90 Å². The first kappa shape index (κ1) is 24.8. The van der Waals surface area contributed by atoms with E-state index >= 15 is 0 Å². The summed E-state index contributed by atoms with van der Waals surface area (Å²) in [5.41, 5.74) is 2.67. The zero-order valence-corrected chi connectivity index (χ0v) is 22.7. The number of halogens is 1. The largest absolute Gasteiger partial charge is 0.508 e. The van der Waals surface area contributed by atoms with Gasteiger partial charge >= 0.3 is 6.01 Å². The molecule has 2 N–H and O–H groups in total. The van der Waals surface area contributed by atoms with Crippen molar-refractivity contribution in [1.29, 1.82) is 0 Å². The molecule has 8 rings (SSSR count). The normalized spacial score (nSPS) is 31.5. The molecular formula is C31H36FN5O3. The van der Waals surface area contributed by atoms with Crippen molar-refractivity contribution in [2.75, 3.05) is 37.7 Å². The number of fused-ring (bicyclic) bond motifs is 5. The third-order valence-corrected chi connectivity index (χ3v) is 9.83. The zero-order chi connectivity index (χ0) is 26.8. The topological polar surface area (TPSA) is 83.0 Å². The smallest absolute Gasteiger partial charge is 0.318 e. The fourth-order valence-corrected chi connectivity index (χ4v) is 7.96. The van der Waals surface area contributed by atoms with Crippen LogP contribution < -0.4 is 15.0 Å². The molecule has 8 nitrogen and oxygen atoms in total. The number of rotatable bonds is 5. The number of nitrogens with zero attached hydrogens (tertiary/aromatic N) is 4. The number of phenolic OH excluding ortho intramolecular Hbond substituents is 1.